The molecule has 26 heavy (non-hydrogen) atoms. The van der Waals surface area contributed by atoms with Gasteiger partial charge in [-0.15, -0.1) is 11.3 Å². The van der Waals surface area contributed by atoms with Crippen LogP contribution in [0, 0.1) is 12.8 Å². The highest BCUT2D eigenvalue weighted by Gasteiger charge is 2.20. The van der Waals surface area contributed by atoms with Crippen LogP contribution in [-0.2, 0) is 13.1 Å². The molecule has 0 spiro atoms. The van der Waals surface area contributed by atoms with Crippen LogP contribution in [0.5, 0.6) is 0 Å². The normalized spacial score (nSPS) is 11.3. The number of hydrogen-bond donors (Lipinski definition) is 0. The molecule has 0 aliphatic carbocycles. The van der Waals surface area contributed by atoms with E-state index in [1.165, 1.54) is 4.68 Å². The van der Waals surface area contributed by atoms with Gasteiger partial charge in [-0.2, -0.15) is 5.10 Å². The van der Waals surface area contributed by atoms with Crippen LogP contribution in [0.1, 0.15) is 35.0 Å². The minimum Gasteiger partial charge on any atom is -0.334 e. The standard InChI is InChI=1S/C19H22N4O2S/c1-12(2)9-23-18(24)16-8-6-5-7-15(16)17(21-23)19(25)22(4)10-14-11-26-13(3)20-14/h5-8,11-12H,9-10H2,1-4H3. The van der Waals surface area contributed by atoms with Gasteiger partial charge in [-0.1, -0.05) is 32.0 Å². The Labute approximate surface area is 156 Å². The molecule has 0 atom stereocenters. The highest BCUT2D eigenvalue weighted by molar-refractivity contribution is 7.09. The summed E-state index contributed by atoms with van der Waals surface area (Å²) in [5, 5.41) is 8.42. The highest BCUT2D eigenvalue weighted by atomic mass is 32.1. The minimum absolute atomic E-state index is 0.163. The van der Waals surface area contributed by atoms with Crippen LogP contribution >= 0.6 is 11.3 Å². The molecule has 3 aromatic rings. The molecule has 0 fully saturated rings. The van der Waals surface area contributed by atoms with E-state index >= 15 is 0 Å². The molecule has 3 rings (SSSR count). The monoisotopic (exact) mass is 370 g/mol. The maximum absolute atomic E-state index is 13.0. The van der Waals surface area contributed by atoms with Gasteiger partial charge in [0.25, 0.3) is 11.5 Å². The quantitative estimate of drug-likeness (QED) is 0.692. The van der Waals surface area contributed by atoms with E-state index in [9.17, 15) is 9.59 Å². The van der Waals surface area contributed by atoms with Crippen LogP contribution in [0.15, 0.2) is 34.4 Å². The topological polar surface area (TPSA) is 68.1 Å². The van der Waals surface area contributed by atoms with Gasteiger partial charge in [-0.25, -0.2) is 9.67 Å². The van der Waals surface area contributed by atoms with Gasteiger partial charge in [0.15, 0.2) is 5.69 Å². The fourth-order valence-corrected chi connectivity index (χ4v) is 3.44. The summed E-state index contributed by atoms with van der Waals surface area (Å²) >= 11 is 1.56. The number of rotatable bonds is 5. The van der Waals surface area contributed by atoms with Crippen molar-refractivity contribution in [2.45, 2.75) is 33.9 Å². The zero-order valence-corrected chi connectivity index (χ0v) is 16.2. The van der Waals surface area contributed by atoms with E-state index in [4.69, 9.17) is 0 Å². The van der Waals surface area contributed by atoms with Crippen molar-refractivity contribution in [1.82, 2.24) is 19.7 Å². The predicted molar refractivity (Wildman–Crippen MR) is 103 cm³/mol. The average molecular weight is 370 g/mol. The smallest absolute Gasteiger partial charge is 0.275 e. The lowest BCUT2D eigenvalue weighted by atomic mass is 10.1. The second kappa shape index (κ2) is 7.37. The largest absolute Gasteiger partial charge is 0.334 e. The van der Waals surface area contributed by atoms with Crippen molar-refractivity contribution in [3.8, 4) is 0 Å². The Bertz CT molecular complexity index is 1010. The molecule has 2 aromatic heterocycles. The number of benzene rings is 1. The Balaban J connectivity index is 2.03. The number of nitrogens with zero attached hydrogens (tertiary/aromatic N) is 4. The first kappa shape index (κ1) is 18.3. The average Bonchev–Trinajstić information content (AvgIpc) is 3.01. The summed E-state index contributed by atoms with van der Waals surface area (Å²) in [6, 6.07) is 7.14. The summed E-state index contributed by atoms with van der Waals surface area (Å²) < 4.78 is 1.40. The molecular formula is C19H22N4O2S. The van der Waals surface area contributed by atoms with Gasteiger partial charge < -0.3 is 4.90 Å². The van der Waals surface area contributed by atoms with Crippen LogP contribution in [0.4, 0.5) is 0 Å². The van der Waals surface area contributed by atoms with Crippen LogP contribution in [-0.4, -0.2) is 32.6 Å². The lowest BCUT2D eigenvalue weighted by molar-refractivity contribution is 0.0777. The third-order valence-corrected chi connectivity index (χ3v) is 4.84. The van der Waals surface area contributed by atoms with E-state index in [0.29, 0.717) is 29.6 Å². The van der Waals surface area contributed by atoms with E-state index in [0.717, 1.165) is 10.7 Å². The fraction of sp³-hybridized carbons (Fsp3) is 0.368. The Kier molecular flexibility index (Phi) is 5.18. The number of amides is 1. The lowest BCUT2D eigenvalue weighted by Crippen LogP contribution is -2.32. The minimum atomic E-state index is -0.218. The molecule has 0 bridgehead atoms. The third-order valence-electron chi connectivity index (χ3n) is 4.02. The van der Waals surface area contributed by atoms with Crippen molar-refractivity contribution in [3.63, 3.8) is 0 Å². The van der Waals surface area contributed by atoms with Crippen molar-refractivity contribution in [2.24, 2.45) is 5.92 Å². The predicted octanol–water partition coefficient (Wildman–Crippen LogP) is 3.09. The van der Waals surface area contributed by atoms with Crippen LogP contribution in [0.3, 0.4) is 0 Å². The second-order valence-electron chi connectivity index (χ2n) is 6.79. The van der Waals surface area contributed by atoms with Gasteiger partial charge in [0.1, 0.15) is 0 Å². The van der Waals surface area contributed by atoms with E-state index in [1.54, 1.807) is 41.5 Å². The number of carbonyl (C=O) groups is 1. The molecular weight excluding hydrogens is 348 g/mol. The number of thiazole rings is 1. The number of fused-ring (bicyclic) bond motifs is 1. The summed E-state index contributed by atoms with van der Waals surface area (Å²) in [5.74, 6) is 0.0318. The maximum atomic E-state index is 13.0. The summed E-state index contributed by atoms with van der Waals surface area (Å²) in [6.07, 6.45) is 0. The van der Waals surface area contributed by atoms with Crippen molar-refractivity contribution >= 4 is 28.0 Å². The van der Waals surface area contributed by atoms with Crippen molar-refractivity contribution in [2.75, 3.05) is 7.05 Å². The maximum Gasteiger partial charge on any atom is 0.275 e. The molecule has 6 nitrogen and oxygen atoms in total. The van der Waals surface area contributed by atoms with Gasteiger partial charge in [-0.3, -0.25) is 9.59 Å². The van der Waals surface area contributed by atoms with Crippen LogP contribution in [0.2, 0.25) is 0 Å². The molecule has 0 aliphatic rings. The van der Waals surface area contributed by atoms with E-state index < -0.39 is 0 Å². The van der Waals surface area contributed by atoms with Crippen LogP contribution < -0.4 is 5.56 Å². The molecule has 1 aromatic carbocycles. The zero-order chi connectivity index (χ0) is 18.8. The van der Waals surface area contributed by atoms with Gasteiger partial charge in [-0.05, 0) is 18.9 Å². The zero-order valence-electron chi connectivity index (χ0n) is 15.4. The summed E-state index contributed by atoms with van der Waals surface area (Å²) in [6.45, 7) is 6.84. The molecule has 0 radical (unpaired) electrons. The van der Waals surface area contributed by atoms with Gasteiger partial charge >= 0.3 is 0 Å². The first-order valence-electron chi connectivity index (χ1n) is 8.53. The molecule has 136 valence electrons. The second-order valence-corrected chi connectivity index (χ2v) is 7.86. The molecule has 7 heteroatoms. The molecule has 0 unspecified atom stereocenters. The highest BCUT2D eigenvalue weighted by Crippen LogP contribution is 2.17. The van der Waals surface area contributed by atoms with E-state index in [2.05, 4.69) is 10.1 Å². The molecule has 0 saturated heterocycles. The van der Waals surface area contributed by atoms with Gasteiger partial charge in [0, 0.05) is 24.4 Å². The summed E-state index contributed by atoms with van der Waals surface area (Å²) in [4.78, 5) is 31.7. The van der Waals surface area contributed by atoms with E-state index in [1.807, 2.05) is 32.2 Å². The molecule has 0 saturated carbocycles. The van der Waals surface area contributed by atoms with Gasteiger partial charge in [0.2, 0.25) is 0 Å². The first-order valence-corrected chi connectivity index (χ1v) is 9.41. The SMILES string of the molecule is Cc1nc(CN(C)C(=O)c2nn(CC(C)C)c(=O)c3ccccc23)cs1. The fourth-order valence-electron chi connectivity index (χ4n) is 2.84. The van der Waals surface area contributed by atoms with Crippen molar-refractivity contribution in [1.29, 1.82) is 0 Å². The Morgan fingerprint density at radius 3 is 2.58 bits per heavy atom. The van der Waals surface area contributed by atoms with Crippen LogP contribution in [0.25, 0.3) is 10.8 Å². The lowest BCUT2D eigenvalue weighted by Gasteiger charge is -2.18. The molecule has 2 heterocycles. The number of aryl methyl sites for hydroxylation is 1. The number of carbonyl (C=O) groups excluding carboxylic acids is 1. The summed E-state index contributed by atoms with van der Waals surface area (Å²) in [5.41, 5.74) is 0.988. The van der Waals surface area contributed by atoms with Crippen molar-refractivity contribution < 1.29 is 4.79 Å². The Morgan fingerprint density at radius 2 is 1.96 bits per heavy atom. The Hall–Kier alpha value is -2.54. The Morgan fingerprint density at radius 1 is 1.27 bits per heavy atom. The van der Waals surface area contributed by atoms with Gasteiger partial charge in [0.05, 0.1) is 22.6 Å². The number of hydrogen-bond acceptors (Lipinski definition) is 5. The molecule has 0 aliphatic heterocycles. The summed E-state index contributed by atoms with van der Waals surface area (Å²) in [7, 11) is 1.73. The van der Waals surface area contributed by atoms with E-state index in [-0.39, 0.29) is 17.4 Å². The third kappa shape index (κ3) is 3.67. The first-order chi connectivity index (χ1) is 12.4. The molecule has 0 N–H and O–H groups in total. The van der Waals surface area contributed by atoms with Crippen molar-refractivity contribution in [3.05, 3.63) is 56.4 Å². The number of aromatic nitrogens is 3. The molecule has 1 amide bonds.